The van der Waals surface area contributed by atoms with Gasteiger partial charge >= 0.3 is 0 Å². The first-order valence-corrected chi connectivity index (χ1v) is 10.0. The second kappa shape index (κ2) is 10.0. The van der Waals surface area contributed by atoms with E-state index in [1.54, 1.807) is 31.2 Å². The normalized spacial score (nSPS) is 12.0. The van der Waals surface area contributed by atoms with Crippen molar-refractivity contribution in [2.45, 2.75) is 32.9 Å². The number of hydrogen-bond donors (Lipinski definition) is 1. The van der Waals surface area contributed by atoms with Gasteiger partial charge in [0.1, 0.15) is 5.75 Å². The van der Waals surface area contributed by atoms with E-state index in [0.717, 1.165) is 6.42 Å². The fourth-order valence-electron chi connectivity index (χ4n) is 3.12. The SMILES string of the molecule is CCc1ccc(C(CNC(=O)c2ccc(OCc3noc(C)n3)cc2)N(C)C)cc1. The van der Waals surface area contributed by atoms with Crippen molar-refractivity contribution in [2.24, 2.45) is 0 Å². The summed E-state index contributed by atoms with van der Waals surface area (Å²) in [5.41, 5.74) is 3.06. The summed E-state index contributed by atoms with van der Waals surface area (Å²) in [5.74, 6) is 1.50. The van der Waals surface area contributed by atoms with Crippen LogP contribution in [0, 0.1) is 6.92 Å². The lowest BCUT2D eigenvalue weighted by Crippen LogP contribution is -2.34. The predicted octanol–water partition coefficient (Wildman–Crippen LogP) is 3.55. The number of nitrogens with zero attached hydrogens (tertiary/aromatic N) is 3. The summed E-state index contributed by atoms with van der Waals surface area (Å²) in [4.78, 5) is 18.8. The lowest BCUT2D eigenvalue weighted by Gasteiger charge is -2.25. The van der Waals surface area contributed by atoms with Crippen molar-refractivity contribution < 1.29 is 14.1 Å². The maximum atomic E-state index is 12.6. The van der Waals surface area contributed by atoms with Crippen molar-refractivity contribution in [2.75, 3.05) is 20.6 Å². The number of nitrogens with one attached hydrogen (secondary N) is 1. The van der Waals surface area contributed by atoms with Gasteiger partial charge in [-0.15, -0.1) is 0 Å². The van der Waals surface area contributed by atoms with Crippen molar-refractivity contribution in [1.82, 2.24) is 20.4 Å². The Labute approximate surface area is 177 Å². The second-order valence-corrected chi connectivity index (χ2v) is 7.33. The minimum atomic E-state index is -0.118. The van der Waals surface area contributed by atoms with Crippen molar-refractivity contribution >= 4 is 5.91 Å². The monoisotopic (exact) mass is 408 g/mol. The minimum Gasteiger partial charge on any atom is -0.485 e. The highest BCUT2D eigenvalue weighted by molar-refractivity contribution is 5.94. The summed E-state index contributed by atoms with van der Waals surface area (Å²) in [6.07, 6.45) is 1.01. The standard InChI is InChI=1S/C23H28N4O3/c1-5-17-6-8-18(9-7-17)21(27(3)4)14-24-23(28)19-10-12-20(13-11-19)29-15-22-25-16(2)30-26-22/h6-13,21H,5,14-15H2,1-4H3,(H,24,28). The van der Waals surface area contributed by atoms with E-state index < -0.39 is 0 Å². The van der Waals surface area contributed by atoms with Crippen molar-refractivity contribution in [3.8, 4) is 5.75 Å². The first-order valence-electron chi connectivity index (χ1n) is 10.0. The molecule has 2 aromatic carbocycles. The van der Waals surface area contributed by atoms with Gasteiger partial charge < -0.3 is 19.5 Å². The molecule has 158 valence electrons. The van der Waals surface area contributed by atoms with Gasteiger partial charge in [0, 0.05) is 19.0 Å². The van der Waals surface area contributed by atoms with Gasteiger partial charge in [-0.2, -0.15) is 4.98 Å². The van der Waals surface area contributed by atoms with E-state index in [1.807, 2.05) is 14.1 Å². The molecule has 0 saturated heterocycles. The summed E-state index contributed by atoms with van der Waals surface area (Å²) in [6.45, 7) is 4.60. The molecule has 1 heterocycles. The minimum absolute atomic E-state index is 0.0980. The molecule has 0 bridgehead atoms. The van der Waals surface area contributed by atoms with Crippen LogP contribution in [0.25, 0.3) is 0 Å². The number of hydrogen-bond acceptors (Lipinski definition) is 6. The molecule has 1 unspecified atom stereocenters. The largest absolute Gasteiger partial charge is 0.485 e. The Morgan fingerprint density at radius 1 is 1.13 bits per heavy atom. The fraction of sp³-hybridized carbons (Fsp3) is 0.348. The summed E-state index contributed by atoms with van der Waals surface area (Å²) in [5, 5.41) is 6.82. The predicted molar refractivity (Wildman–Crippen MR) is 114 cm³/mol. The van der Waals surface area contributed by atoms with Gasteiger partial charge in [-0.1, -0.05) is 36.3 Å². The van der Waals surface area contributed by atoms with Crippen molar-refractivity contribution in [1.29, 1.82) is 0 Å². The number of rotatable bonds is 9. The Morgan fingerprint density at radius 2 is 1.83 bits per heavy atom. The molecule has 1 amide bonds. The Morgan fingerprint density at radius 3 is 2.40 bits per heavy atom. The van der Waals surface area contributed by atoms with Gasteiger partial charge in [0.25, 0.3) is 5.91 Å². The van der Waals surface area contributed by atoms with Gasteiger partial charge in [0.2, 0.25) is 11.7 Å². The molecule has 1 aromatic heterocycles. The zero-order valence-corrected chi connectivity index (χ0v) is 17.9. The van der Waals surface area contributed by atoms with E-state index in [-0.39, 0.29) is 18.6 Å². The van der Waals surface area contributed by atoms with E-state index in [4.69, 9.17) is 9.26 Å². The van der Waals surface area contributed by atoms with Gasteiger partial charge in [-0.3, -0.25) is 4.79 Å². The molecule has 7 heteroatoms. The molecule has 30 heavy (non-hydrogen) atoms. The average molecular weight is 409 g/mol. The van der Waals surface area contributed by atoms with Gasteiger partial charge in [-0.05, 0) is 55.9 Å². The van der Waals surface area contributed by atoms with Crippen LogP contribution in [-0.4, -0.2) is 41.6 Å². The molecule has 0 radical (unpaired) electrons. The smallest absolute Gasteiger partial charge is 0.251 e. The zero-order valence-electron chi connectivity index (χ0n) is 17.9. The number of benzene rings is 2. The van der Waals surface area contributed by atoms with E-state index in [9.17, 15) is 4.79 Å². The first-order chi connectivity index (χ1) is 14.5. The van der Waals surface area contributed by atoms with Crippen LogP contribution in [0.4, 0.5) is 0 Å². The molecule has 0 aliphatic carbocycles. The molecule has 7 nitrogen and oxygen atoms in total. The number of carbonyl (C=O) groups is 1. The molecule has 3 rings (SSSR count). The quantitative estimate of drug-likeness (QED) is 0.583. The van der Waals surface area contributed by atoms with Crippen molar-refractivity contribution in [3.63, 3.8) is 0 Å². The third kappa shape index (κ3) is 5.67. The van der Waals surface area contributed by atoms with Gasteiger partial charge in [-0.25, -0.2) is 0 Å². The molecular weight excluding hydrogens is 380 g/mol. The molecule has 0 aliphatic rings. The topological polar surface area (TPSA) is 80.5 Å². The van der Waals surface area contributed by atoms with E-state index in [1.165, 1.54) is 11.1 Å². The number of carbonyl (C=O) groups excluding carboxylic acids is 1. The highest BCUT2D eigenvalue weighted by Gasteiger charge is 2.16. The maximum absolute atomic E-state index is 12.6. The van der Waals surface area contributed by atoms with Crippen LogP contribution in [0.15, 0.2) is 53.1 Å². The molecule has 0 spiro atoms. The highest BCUT2D eigenvalue weighted by Crippen LogP contribution is 2.19. The van der Waals surface area contributed by atoms with E-state index in [0.29, 0.717) is 29.6 Å². The summed E-state index contributed by atoms with van der Waals surface area (Å²) < 4.78 is 10.5. The van der Waals surface area contributed by atoms with E-state index in [2.05, 4.69) is 51.5 Å². The van der Waals surface area contributed by atoms with Gasteiger partial charge in [0.15, 0.2) is 6.61 Å². The average Bonchev–Trinajstić information content (AvgIpc) is 3.18. The Hall–Kier alpha value is -3.19. The van der Waals surface area contributed by atoms with Crippen LogP contribution in [0.2, 0.25) is 0 Å². The maximum Gasteiger partial charge on any atom is 0.251 e. The van der Waals surface area contributed by atoms with E-state index >= 15 is 0 Å². The molecule has 0 saturated carbocycles. The lowest BCUT2D eigenvalue weighted by atomic mass is 10.0. The summed E-state index contributed by atoms with van der Waals surface area (Å²) >= 11 is 0. The number of ether oxygens (including phenoxy) is 1. The molecule has 0 aliphatic heterocycles. The van der Waals surface area contributed by atoms with Crippen LogP contribution in [0.1, 0.15) is 46.2 Å². The highest BCUT2D eigenvalue weighted by atomic mass is 16.5. The number of aromatic nitrogens is 2. The molecule has 1 atom stereocenters. The molecule has 3 aromatic rings. The Kier molecular flexibility index (Phi) is 7.19. The fourth-order valence-corrected chi connectivity index (χ4v) is 3.12. The molecule has 1 N–H and O–H groups in total. The first kappa shape index (κ1) is 21.5. The van der Waals surface area contributed by atoms with Crippen LogP contribution in [-0.2, 0) is 13.0 Å². The van der Waals surface area contributed by atoms with Crippen molar-refractivity contribution in [3.05, 3.63) is 76.9 Å². The van der Waals surface area contributed by atoms with Gasteiger partial charge in [0.05, 0.1) is 6.04 Å². The second-order valence-electron chi connectivity index (χ2n) is 7.33. The lowest BCUT2D eigenvalue weighted by molar-refractivity contribution is 0.0942. The summed E-state index contributed by atoms with van der Waals surface area (Å²) in [6, 6.07) is 15.6. The zero-order chi connectivity index (χ0) is 21.5. The van der Waals surface area contributed by atoms with Crippen LogP contribution in [0.3, 0.4) is 0 Å². The molecule has 0 fully saturated rings. The van der Waals surface area contributed by atoms with Crippen LogP contribution < -0.4 is 10.1 Å². The number of likely N-dealkylation sites (N-methyl/N-ethyl adjacent to an activating group) is 1. The van der Waals surface area contributed by atoms with Crippen LogP contribution in [0.5, 0.6) is 5.75 Å². The van der Waals surface area contributed by atoms with Crippen LogP contribution >= 0.6 is 0 Å². The Balaban J connectivity index is 1.56. The molecular formula is C23H28N4O3. The number of aryl methyl sites for hydroxylation is 2. The Bertz CT molecular complexity index is 949. The summed E-state index contributed by atoms with van der Waals surface area (Å²) in [7, 11) is 4.03. The third-order valence-corrected chi connectivity index (χ3v) is 4.91. The third-order valence-electron chi connectivity index (χ3n) is 4.91. The number of amides is 1.